The molecule has 1 fully saturated rings. The van der Waals surface area contributed by atoms with Crippen LogP contribution in [0.1, 0.15) is 19.3 Å². The highest BCUT2D eigenvalue weighted by Gasteiger charge is 2.32. The molecule has 0 saturated carbocycles. The lowest BCUT2D eigenvalue weighted by molar-refractivity contribution is -0.198. The molecule has 1 heterocycles. The number of carbonyl (C=O) groups is 3. The van der Waals surface area contributed by atoms with Gasteiger partial charge >= 0.3 is 5.97 Å². The van der Waals surface area contributed by atoms with Gasteiger partial charge in [0, 0.05) is 12.8 Å². The molecule has 0 unspecified atom stereocenters. The minimum atomic E-state index is -0.696. The van der Waals surface area contributed by atoms with E-state index in [-0.39, 0.29) is 32.5 Å². The third-order valence-corrected chi connectivity index (χ3v) is 4.37. The first-order chi connectivity index (χ1) is 17.6. The lowest BCUT2D eigenvalue weighted by Crippen LogP contribution is -2.32. The van der Waals surface area contributed by atoms with Crippen molar-refractivity contribution in [3.63, 3.8) is 0 Å². The van der Waals surface area contributed by atoms with Crippen LogP contribution in [0.3, 0.4) is 0 Å². The minimum Gasteiger partial charge on any atom is -0.379 e. The van der Waals surface area contributed by atoms with E-state index in [1.165, 1.54) is 0 Å². The van der Waals surface area contributed by atoms with E-state index < -0.39 is 17.8 Å². The van der Waals surface area contributed by atoms with Crippen LogP contribution in [0.2, 0.25) is 0 Å². The zero-order valence-electron chi connectivity index (χ0n) is 20.9. The van der Waals surface area contributed by atoms with Crippen LogP contribution in [0.15, 0.2) is 0 Å². The number of ether oxygens (including phenoxy) is 8. The van der Waals surface area contributed by atoms with Gasteiger partial charge in [0.2, 0.25) is 0 Å². The molecule has 13 heteroatoms. The Balaban J connectivity index is 1.70. The Labute approximate surface area is 212 Å². The third kappa shape index (κ3) is 18.5. The molecule has 2 amide bonds. The molecule has 13 nitrogen and oxygen atoms in total. The highest BCUT2D eigenvalue weighted by Crippen LogP contribution is 2.12. The second-order valence-electron chi connectivity index (χ2n) is 7.16. The molecule has 208 valence electrons. The van der Waals surface area contributed by atoms with Gasteiger partial charge in [-0.3, -0.25) is 9.59 Å². The lowest BCUT2D eigenvalue weighted by Gasteiger charge is -2.12. The molecule has 0 atom stereocenters. The predicted molar refractivity (Wildman–Crippen MR) is 123 cm³/mol. The van der Waals surface area contributed by atoms with Crippen molar-refractivity contribution in [3.05, 3.63) is 6.92 Å². The van der Waals surface area contributed by atoms with Gasteiger partial charge in [-0.25, -0.2) is 4.79 Å². The van der Waals surface area contributed by atoms with Crippen molar-refractivity contribution in [2.45, 2.75) is 19.3 Å². The fourth-order valence-electron chi connectivity index (χ4n) is 2.58. The molecule has 0 bridgehead atoms. The van der Waals surface area contributed by atoms with Crippen LogP contribution in [0.25, 0.3) is 0 Å². The first-order valence-electron chi connectivity index (χ1n) is 12.0. The SMILES string of the molecule is [CH]COCCOCCOCCOCCOCCOCCOCCOCCC(=O)ON1C(=O)CCC1=O. The van der Waals surface area contributed by atoms with Crippen molar-refractivity contribution in [2.24, 2.45) is 0 Å². The van der Waals surface area contributed by atoms with Crippen LogP contribution < -0.4 is 0 Å². The topological polar surface area (TPSA) is 138 Å². The molecule has 1 aliphatic heterocycles. The third-order valence-electron chi connectivity index (χ3n) is 4.37. The largest absolute Gasteiger partial charge is 0.379 e. The smallest absolute Gasteiger partial charge is 0.335 e. The summed E-state index contributed by atoms with van der Waals surface area (Å²) in [5.41, 5.74) is 0. The van der Waals surface area contributed by atoms with E-state index in [1.54, 1.807) is 0 Å². The fraction of sp³-hybridized carbons (Fsp3) is 0.826. The summed E-state index contributed by atoms with van der Waals surface area (Å²) >= 11 is 0. The molecule has 36 heavy (non-hydrogen) atoms. The van der Waals surface area contributed by atoms with Crippen molar-refractivity contribution in [1.29, 1.82) is 0 Å². The van der Waals surface area contributed by atoms with Gasteiger partial charge < -0.3 is 42.7 Å². The van der Waals surface area contributed by atoms with Crippen LogP contribution in [0.4, 0.5) is 0 Å². The van der Waals surface area contributed by atoms with Crippen LogP contribution in [-0.4, -0.2) is 129 Å². The second kappa shape index (κ2) is 23.7. The van der Waals surface area contributed by atoms with Gasteiger partial charge in [0.15, 0.2) is 0 Å². The zero-order valence-corrected chi connectivity index (χ0v) is 20.9. The number of amides is 2. The van der Waals surface area contributed by atoms with E-state index in [2.05, 4.69) is 0 Å². The van der Waals surface area contributed by atoms with Crippen molar-refractivity contribution < 1.29 is 57.1 Å². The average Bonchev–Trinajstić information content (AvgIpc) is 3.18. The molecule has 0 aromatic heterocycles. The highest BCUT2D eigenvalue weighted by molar-refractivity contribution is 6.01. The molecule has 1 rings (SSSR count). The first kappa shape index (κ1) is 32.3. The monoisotopic (exact) mass is 521 g/mol. The van der Waals surface area contributed by atoms with E-state index in [9.17, 15) is 14.4 Å². The van der Waals surface area contributed by atoms with Crippen LogP contribution in [0.5, 0.6) is 0 Å². The quantitative estimate of drug-likeness (QED) is 0.110. The summed E-state index contributed by atoms with van der Waals surface area (Å²) in [6, 6.07) is 0. The molecule has 0 aromatic rings. The summed E-state index contributed by atoms with van der Waals surface area (Å²) in [5, 5.41) is 0.518. The van der Waals surface area contributed by atoms with Crippen LogP contribution >= 0.6 is 0 Å². The average molecular weight is 522 g/mol. The summed E-state index contributed by atoms with van der Waals surface area (Å²) in [6.07, 6.45) is 0.0584. The molecular formula is C23H39NO12. The summed E-state index contributed by atoms with van der Waals surface area (Å²) in [6.45, 7) is 11.8. The number of hydrogen-bond acceptors (Lipinski definition) is 12. The molecule has 0 spiro atoms. The summed E-state index contributed by atoms with van der Waals surface area (Å²) in [7, 11) is 0. The van der Waals surface area contributed by atoms with Crippen LogP contribution in [-0.2, 0) is 57.1 Å². The molecule has 0 N–H and O–H groups in total. The van der Waals surface area contributed by atoms with E-state index in [1.807, 2.05) is 0 Å². The number of carbonyl (C=O) groups excluding carboxylic acids is 3. The van der Waals surface area contributed by atoms with E-state index in [0.717, 1.165) is 0 Å². The van der Waals surface area contributed by atoms with Crippen LogP contribution in [0, 0.1) is 6.92 Å². The number of hydroxylamine groups is 2. The Bertz CT molecular complexity index is 561. The number of hydrogen-bond donors (Lipinski definition) is 0. The van der Waals surface area contributed by atoms with E-state index in [0.29, 0.717) is 97.6 Å². The lowest BCUT2D eigenvalue weighted by atomic mass is 10.4. The predicted octanol–water partition coefficient (Wildman–Crippen LogP) is -0.172. The number of nitrogens with zero attached hydrogens (tertiary/aromatic N) is 1. The molecule has 0 aromatic carbocycles. The van der Waals surface area contributed by atoms with Gasteiger partial charge in [0.25, 0.3) is 11.8 Å². The van der Waals surface area contributed by atoms with Crippen molar-refractivity contribution in [2.75, 3.05) is 106 Å². The molecule has 1 saturated heterocycles. The van der Waals surface area contributed by atoms with Gasteiger partial charge in [-0.1, -0.05) is 0 Å². The Morgan fingerprint density at radius 2 is 0.861 bits per heavy atom. The first-order valence-corrected chi connectivity index (χ1v) is 12.0. The van der Waals surface area contributed by atoms with Gasteiger partial charge in [-0.05, 0) is 6.92 Å². The maximum Gasteiger partial charge on any atom is 0.335 e. The van der Waals surface area contributed by atoms with Gasteiger partial charge in [-0.2, -0.15) is 0 Å². The number of rotatable bonds is 26. The maximum atomic E-state index is 11.6. The van der Waals surface area contributed by atoms with Crippen molar-refractivity contribution in [3.8, 4) is 0 Å². The van der Waals surface area contributed by atoms with Gasteiger partial charge in [0.05, 0.1) is 112 Å². The number of imide groups is 1. The van der Waals surface area contributed by atoms with Gasteiger partial charge in [0.1, 0.15) is 0 Å². The van der Waals surface area contributed by atoms with E-state index >= 15 is 0 Å². The molecule has 0 aliphatic carbocycles. The summed E-state index contributed by atoms with van der Waals surface area (Å²) < 4.78 is 42.4. The van der Waals surface area contributed by atoms with Crippen molar-refractivity contribution in [1.82, 2.24) is 5.06 Å². The Hall–Kier alpha value is -1.71. The summed E-state index contributed by atoms with van der Waals surface area (Å²) in [4.78, 5) is 39.0. The molecule has 1 aliphatic rings. The Morgan fingerprint density at radius 1 is 0.556 bits per heavy atom. The molecular weight excluding hydrogens is 482 g/mol. The van der Waals surface area contributed by atoms with Gasteiger partial charge in [-0.15, -0.1) is 5.06 Å². The van der Waals surface area contributed by atoms with E-state index in [4.69, 9.17) is 49.7 Å². The highest BCUT2D eigenvalue weighted by atomic mass is 16.7. The fourth-order valence-corrected chi connectivity index (χ4v) is 2.58. The summed E-state index contributed by atoms with van der Waals surface area (Å²) in [5.74, 6) is -1.71. The Morgan fingerprint density at radius 3 is 1.19 bits per heavy atom. The maximum absolute atomic E-state index is 11.6. The minimum absolute atomic E-state index is 0.0633. The van der Waals surface area contributed by atoms with Crippen molar-refractivity contribution >= 4 is 17.8 Å². The molecule has 2 radical (unpaired) electrons. The normalized spacial score (nSPS) is 13.6. The second-order valence-corrected chi connectivity index (χ2v) is 7.16. The standard InChI is InChI=1S/C23H39NO12/c1-2-28-7-8-30-11-12-32-15-16-34-19-20-35-18-17-33-14-13-31-10-9-29-6-5-23(27)36-24-21(25)3-4-22(24)26/h1H,2-20H2. The zero-order chi connectivity index (χ0) is 26.1. The Kier molecular flexibility index (Phi) is 21.3.